The summed E-state index contributed by atoms with van der Waals surface area (Å²) in [6.45, 7) is 0.244. The molecule has 3 heteroatoms. The van der Waals surface area contributed by atoms with E-state index in [-0.39, 0.29) is 12.2 Å². The molecule has 0 aromatic rings. The fourth-order valence-electron chi connectivity index (χ4n) is 2.72. The number of ether oxygens (including phenoxy) is 2. The number of aldehydes is 1. The summed E-state index contributed by atoms with van der Waals surface area (Å²) in [5, 5.41) is 0. The van der Waals surface area contributed by atoms with Crippen molar-refractivity contribution in [2.75, 3.05) is 13.9 Å². The molecule has 0 radical (unpaired) electrons. The first-order valence-electron chi connectivity index (χ1n) is 5.12. The maximum Gasteiger partial charge on any atom is 0.188 e. The highest BCUT2D eigenvalue weighted by molar-refractivity contribution is 5.67. The molecule has 2 rings (SSSR count). The third-order valence-corrected chi connectivity index (χ3v) is 3.46. The van der Waals surface area contributed by atoms with Gasteiger partial charge in [0.25, 0.3) is 0 Å². The van der Waals surface area contributed by atoms with Crippen LogP contribution in [0.1, 0.15) is 25.7 Å². The van der Waals surface area contributed by atoms with Crippen molar-refractivity contribution in [3.8, 4) is 0 Å². The molecule has 1 saturated carbocycles. The molecule has 0 aliphatic heterocycles. The van der Waals surface area contributed by atoms with Gasteiger partial charge in [0.15, 0.2) is 6.79 Å². The first-order chi connectivity index (χ1) is 6.83. The highest BCUT2D eigenvalue weighted by atomic mass is 16.7. The molecule has 0 N–H and O–H groups in total. The number of methoxy groups -OCH3 is 1. The molecule has 0 heterocycles. The van der Waals surface area contributed by atoms with Crippen LogP contribution in [0.2, 0.25) is 0 Å². The van der Waals surface area contributed by atoms with Crippen LogP contribution in [0.5, 0.6) is 0 Å². The summed E-state index contributed by atoms with van der Waals surface area (Å²) in [6.07, 6.45) is 7.34. The van der Waals surface area contributed by atoms with Gasteiger partial charge in [-0.1, -0.05) is 6.42 Å². The summed E-state index contributed by atoms with van der Waals surface area (Å²) in [5.41, 5.74) is -0.307. The maximum absolute atomic E-state index is 11.2. The van der Waals surface area contributed by atoms with Gasteiger partial charge in [-0.2, -0.15) is 0 Å². The van der Waals surface area contributed by atoms with Gasteiger partial charge in [0.2, 0.25) is 0 Å². The Balaban J connectivity index is 2.12. The predicted octanol–water partition coefficient (Wildman–Crippen LogP) is 1.88. The van der Waals surface area contributed by atoms with Crippen LogP contribution < -0.4 is 0 Å². The fraction of sp³-hybridized carbons (Fsp3) is 0.727. The first-order valence-corrected chi connectivity index (χ1v) is 5.12. The van der Waals surface area contributed by atoms with E-state index in [0.717, 1.165) is 37.7 Å². The normalized spacial score (nSPS) is 35.2. The van der Waals surface area contributed by atoms with E-state index < -0.39 is 0 Å². The van der Waals surface area contributed by atoms with E-state index in [1.807, 2.05) is 0 Å². The van der Waals surface area contributed by atoms with E-state index in [2.05, 4.69) is 6.08 Å². The van der Waals surface area contributed by atoms with Crippen molar-refractivity contribution in [1.29, 1.82) is 0 Å². The highest BCUT2D eigenvalue weighted by Gasteiger charge is 2.49. The second kappa shape index (κ2) is 3.73. The van der Waals surface area contributed by atoms with Crippen molar-refractivity contribution >= 4 is 6.29 Å². The molecular formula is C11H16O3. The molecule has 0 unspecified atom stereocenters. The second-order valence-corrected chi connectivity index (χ2v) is 4.10. The van der Waals surface area contributed by atoms with Crippen LogP contribution in [0.4, 0.5) is 0 Å². The molecule has 78 valence electrons. The minimum Gasteiger partial charge on any atom is -0.471 e. The molecule has 0 aromatic heterocycles. The molecule has 0 aromatic carbocycles. The molecule has 3 nitrogen and oxygen atoms in total. The van der Waals surface area contributed by atoms with E-state index >= 15 is 0 Å². The molecular weight excluding hydrogens is 180 g/mol. The van der Waals surface area contributed by atoms with Gasteiger partial charge >= 0.3 is 0 Å². The van der Waals surface area contributed by atoms with E-state index in [0.29, 0.717) is 5.92 Å². The number of rotatable bonds is 4. The van der Waals surface area contributed by atoms with Gasteiger partial charge in [-0.15, -0.1) is 0 Å². The van der Waals surface area contributed by atoms with Crippen molar-refractivity contribution < 1.29 is 14.3 Å². The molecule has 2 aliphatic rings. The average molecular weight is 196 g/mol. The minimum absolute atomic E-state index is 0.244. The van der Waals surface area contributed by atoms with Crippen molar-refractivity contribution in [2.45, 2.75) is 25.7 Å². The van der Waals surface area contributed by atoms with Crippen LogP contribution in [-0.4, -0.2) is 20.2 Å². The second-order valence-electron chi connectivity index (χ2n) is 4.10. The molecule has 1 fully saturated rings. The minimum atomic E-state index is -0.307. The molecule has 2 aliphatic carbocycles. The van der Waals surface area contributed by atoms with Gasteiger partial charge in [0.1, 0.15) is 12.0 Å². The van der Waals surface area contributed by atoms with Crippen LogP contribution in [0.3, 0.4) is 0 Å². The zero-order valence-electron chi connectivity index (χ0n) is 8.49. The third-order valence-electron chi connectivity index (χ3n) is 3.46. The Kier molecular flexibility index (Phi) is 2.59. The quantitative estimate of drug-likeness (QED) is 0.508. The lowest BCUT2D eigenvalue weighted by Gasteiger charge is -2.25. The van der Waals surface area contributed by atoms with Crippen LogP contribution in [0.25, 0.3) is 0 Å². The number of hydrogen-bond donors (Lipinski definition) is 0. The summed E-state index contributed by atoms with van der Waals surface area (Å²) >= 11 is 0. The van der Waals surface area contributed by atoms with Crippen LogP contribution in [0.15, 0.2) is 11.8 Å². The Bertz CT molecular complexity index is 259. The summed E-state index contributed by atoms with van der Waals surface area (Å²) in [4.78, 5) is 11.2. The summed E-state index contributed by atoms with van der Waals surface area (Å²) in [5.74, 6) is 1.32. The van der Waals surface area contributed by atoms with Crippen molar-refractivity contribution in [2.24, 2.45) is 11.3 Å². The maximum atomic E-state index is 11.2. The van der Waals surface area contributed by atoms with Gasteiger partial charge in [-0.3, -0.25) is 0 Å². The molecule has 0 saturated heterocycles. The number of allylic oxidation sites excluding steroid dienone is 2. The smallest absolute Gasteiger partial charge is 0.188 e. The summed E-state index contributed by atoms with van der Waals surface area (Å²) in [7, 11) is 1.59. The van der Waals surface area contributed by atoms with Crippen molar-refractivity contribution in [1.82, 2.24) is 0 Å². The van der Waals surface area contributed by atoms with Crippen molar-refractivity contribution in [3.05, 3.63) is 11.8 Å². The third kappa shape index (κ3) is 1.27. The number of carbonyl (C=O) groups is 1. The van der Waals surface area contributed by atoms with Gasteiger partial charge in [-0.05, 0) is 31.3 Å². The Hall–Kier alpha value is -0.830. The molecule has 2 atom stereocenters. The summed E-state index contributed by atoms with van der Waals surface area (Å²) in [6, 6.07) is 0. The van der Waals surface area contributed by atoms with Gasteiger partial charge in [0, 0.05) is 7.11 Å². The Morgan fingerprint density at radius 3 is 3.29 bits per heavy atom. The Morgan fingerprint density at radius 2 is 2.57 bits per heavy atom. The van der Waals surface area contributed by atoms with Crippen LogP contribution >= 0.6 is 0 Å². The lowest BCUT2D eigenvalue weighted by Crippen LogP contribution is -2.27. The highest BCUT2D eigenvalue weighted by Crippen LogP contribution is 2.53. The number of carbonyl (C=O) groups excluding carboxylic acids is 1. The van der Waals surface area contributed by atoms with Crippen molar-refractivity contribution in [3.63, 3.8) is 0 Å². The fourth-order valence-corrected chi connectivity index (χ4v) is 2.72. The van der Waals surface area contributed by atoms with E-state index in [1.165, 1.54) is 0 Å². The average Bonchev–Trinajstić information content (AvgIpc) is 2.73. The number of fused-ring (bicyclic) bond motifs is 1. The standard InChI is InChI=1S/C11H16O3/c1-13-8-14-10-5-4-9-3-2-6-11(9,10)7-12/h5,7,9H,2-4,6,8H2,1H3/t9-,11+/m0/s1. The predicted molar refractivity (Wildman–Crippen MR) is 51.5 cm³/mol. The van der Waals surface area contributed by atoms with E-state index in [1.54, 1.807) is 7.11 Å². The van der Waals surface area contributed by atoms with Crippen LogP contribution in [0, 0.1) is 11.3 Å². The molecule has 14 heavy (non-hydrogen) atoms. The molecule has 0 amide bonds. The zero-order chi connectivity index (χ0) is 10.0. The first kappa shape index (κ1) is 9.71. The monoisotopic (exact) mass is 196 g/mol. The molecule has 0 spiro atoms. The zero-order valence-corrected chi connectivity index (χ0v) is 8.49. The topological polar surface area (TPSA) is 35.5 Å². The lowest BCUT2D eigenvalue weighted by atomic mass is 9.81. The van der Waals surface area contributed by atoms with Gasteiger partial charge in [0.05, 0.1) is 5.41 Å². The van der Waals surface area contributed by atoms with Crippen LogP contribution in [-0.2, 0) is 14.3 Å². The van der Waals surface area contributed by atoms with E-state index in [4.69, 9.17) is 9.47 Å². The Morgan fingerprint density at radius 1 is 1.71 bits per heavy atom. The van der Waals surface area contributed by atoms with Gasteiger partial charge in [-0.25, -0.2) is 0 Å². The number of hydrogen-bond acceptors (Lipinski definition) is 3. The summed E-state index contributed by atoms with van der Waals surface area (Å²) < 4.78 is 10.3. The molecule has 0 bridgehead atoms. The SMILES string of the molecule is COCOC1=CC[C@@H]2CCC[C@]12C=O. The Labute approximate surface area is 84.1 Å². The van der Waals surface area contributed by atoms with E-state index in [9.17, 15) is 4.79 Å². The largest absolute Gasteiger partial charge is 0.471 e. The van der Waals surface area contributed by atoms with Gasteiger partial charge < -0.3 is 14.3 Å². The lowest BCUT2D eigenvalue weighted by molar-refractivity contribution is -0.119.